The van der Waals surface area contributed by atoms with Crippen molar-refractivity contribution in [2.24, 2.45) is 15.9 Å². The summed E-state index contributed by atoms with van der Waals surface area (Å²) < 4.78 is 0. The van der Waals surface area contributed by atoms with E-state index in [1.807, 2.05) is 0 Å². The molecular formula is C10H7N3O. The van der Waals surface area contributed by atoms with Crippen molar-refractivity contribution >= 4 is 23.5 Å². The molecule has 0 aromatic carbocycles. The third kappa shape index (κ3) is 0.878. The molecule has 3 heterocycles. The van der Waals surface area contributed by atoms with Gasteiger partial charge in [-0.05, 0) is 6.07 Å². The number of rotatable bonds is 0. The number of hydrogen-bond donors (Lipinski definition) is 0. The van der Waals surface area contributed by atoms with Crippen LogP contribution in [0.3, 0.4) is 0 Å². The maximum Gasteiger partial charge on any atom is 0.176 e. The number of carbonyl (C=O) groups excluding carboxylic acids is 1. The molecule has 0 aliphatic carbocycles. The Morgan fingerprint density at radius 2 is 2.36 bits per heavy atom. The number of amidine groups is 1. The molecule has 0 amide bonds. The van der Waals surface area contributed by atoms with E-state index in [4.69, 9.17) is 0 Å². The molecule has 0 N–H and O–H groups in total. The van der Waals surface area contributed by atoms with Gasteiger partial charge in [0.05, 0.1) is 17.8 Å². The highest BCUT2D eigenvalue weighted by atomic mass is 16.1. The monoisotopic (exact) mass is 185 g/mol. The fourth-order valence-corrected chi connectivity index (χ4v) is 1.77. The first kappa shape index (κ1) is 7.55. The highest BCUT2D eigenvalue weighted by Gasteiger charge is 2.33. The van der Waals surface area contributed by atoms with E-state index in [0.29, 0.717) is 23.5 Å². The Hall–Kier alpha value is -1.84. The van der Waals surface area contributed by atoms with Crippen LogP contribution in [-0.2, 0) is 0 Å². The lowest BCUT2D eigenvalue weighted by Crippen LogP contribution is -2.22. The van der Waals surface area contributed by atoms with Crippen LogP contribution in [0.2, 0.25) is 0 Å². The van der Waals surface area contributed by atoms with Crippen LogP contribution in [0.5, 0.6) is 0 Å². The Balaban J connectivity index is 2.24. The third-order valence-corrected chi connectivity index (χ3v) is 2.49. The zero-order chi connectivity index (χ0) is 9.54. The van der Waals surface area contributed by atoms with Crippen molar-refractivity contribution < 1.29 is 4.79 Å². The van der Waals surface area contributed by atoms with Crippen LogP contribution in [0, 0.1) is 5.92 Å². The average molecular weight is 185 g/mol. The number of pyridine rings is 1. The minimum absolute atomic E-state index is 0.116. The van der Waals surface area contributed by atoms with Crippen LogP contribution in [0.1, 0.15) is 16.8 Å². The second-order valence-corrected chi connectivity index (χ2v) is 3.33. The predicted molar refractivity (Wildman–Crippen MR) is 52.3 cm³/mol. The van der Waals surface area contributed by atoms with Crippen molar-refractivity contribution in [2.45, 2.75) is 6.42 Å². The molecule has 1 aromatic rings. The van der Waals surface area contributed by atoms with Gasteiger partial charge in [0, 0.05) is 24.4 Å². The molecule has 1 atom stereocenters. The molecule has 0 radical (unpaired) electrons. The van der Waals surface area contributed by atoms with E-state index in [2.05, 4.69) is 15.0 Å². The van der Waals surface area contributed by atoms with E-state index in [9.17, 15) is 4.79 Å². The van der Waals surface area contributed by atoms with Gasteiger partial charge >= 0.3 is 0 Å². The lowest BCUT2D eigenvalue weighted by molar-refractivity contribution is 0.0957. The van der Waals surface area contributed by atoms with Gasteiger partial charge in [-0.2, -0.15) is 0 Å². The lowest BCUT2D eigenvalue weighted by Gasteiger charge is -2.15. The van der Waals surface area contributed by atoms with Crippen molar-refractivity contribution in [2.75, 3.05) is 0 Å². The molecule has 68 valence electrons. The standard InChI is InChI=1S/C10H7N3O/c14-9-6-1-3-11-5-8(6)13-10-7(9)2-4-12-10/h1,3-5,7H,2H2. The highest BCUT2D eigenvalue weighted by molar-refractivity contribution is 6.21. The summed E-state index contributed by atoms with van der Waals surface area (Å²) >= 11 is 0. The van der Waals surface area contributed by atoms with E-state index in [1.165, 1.54) is 0 Å². The number of hydrogen-bond acceptors (Lipinski definition) is 4. The van der Waals surface area contributed by atoms with Crippen LogP contribution in [0.25, 0.3) is 0 Å². The molecule has 0 saturated carbocycles. The average Bonchev–Trinajstić information content (AvgIpc) is 2.66. The number of nitrogens with zero attached hydrogens (tertiary/aromatic N) is 3. The molecule has 4 heteroatoms. The van der Waals surface area contributed by atoms with Crippen LogP contribution in [-0.4, -0.2) is 22.8 Å². The van der Waals surface area contributed by atoms with Crippen molar-refractivity contribution in [1.29, 1.82) is 0 Å². The molecule has 0 fully saturated rings. The van der Waals surface area contributed by atoms with Crippen molar-refractivity contribution in [3.63, 3.8) is 0 Å². The largest absolute Gasteiger partial charge is 0.293 e. The summed E-state index contributed by atoms with van der Waals surface area (Å²) in [6.07, 6.45) is 5.65. The Bertz CT molecular complexity index is 476. The first-order valence-electron chi connectivity index (χ1n) is 4.45. The Kier molecular flexibility index (Phi) is 1.39. The SMILES string of the molecule is O=C1c2ccncc2N=C2N=CCC12. The lowest BCUT2D eigenvalue weighted by atomic mass is 9.93. The maximum absolute atomic E-state index is 11.9. The van der Waals surface area contributed by atoms with Crippen molar-refractivity contribution in [3.8, 4) is 0 Å². The summed E-state index contributed by atoms with van der Waals surface area (Å²) in [4.78, 5) is 24.2. The number of ketones is 1. The van der Waals surface area contributed by atoms with Gasteiger partial charge in [0.25, 0.3) is 0 Å². The minimum atomic E-state index is -0.148. The Morgan fingerprint density at radius 1 is 1.43 bits per heavy atom. The van der Waals surface area contributed by atoms with Crippen LogP contribution >= 0.6 is 0 Å². The summed E-state index contributed by atoms with van der Waals surface area (Å²) in [5.41, 5.74) is 1.31. The zero-order valence-electron chi connectivity index (χ0n) is 7.34. The topological polar surface area (TPSA) is 54.7 Å². The smallest absolute Gasteiger partial charge is 0.176 e. The number of carbonyl (C=O) groups is 1. The predicted octanol–water partition coefficient (Wildman–Crippen LogP) is 1.40. The Morgan fingerprint density at radius 3 is 3.29 bits per heavy atom. The first-order valence-corrected chi connectivity index (χ1v) is 4.45. The fourth-order valence-electron chi connectivity index (χ4n) is 1.77. The quantitative estimate of drug-likeness (QED) is 0.613. The number of aliphatic imine (C=N–C) groups is 2. The molecule has 4 nitrogen and oxygen atoms in total. The second kappa shape index (κ2) is 2.57. The van der Waals surface area contributed by atoms with E-state index in [-0.39, 0.29) is 11.7 Å². The fraction of sp³-hybridized carbons (Fsp3) is 0.200. The van der Waals surface area contributed by atoms with Gasteiger partial charge in [0.2, 0.25) is 0 Å². The van der Waals surface area contributed by atoms with E-state index < -0.39 is 0 Å². The Labute approximate surface area is 80.4 Å². The maximum atomic E-state index is 11.9. The minimum Gasteiger partial charge on any atom is -0.293 e. The van der Waals surface area contributed by atoms with Gasteiger partial charge in [-0.3, -0.25) is 9.78 Å². The third-order valence-electron chi connectivity index (χ3n) is 2.49. The van der Waals surface area contributed by atoms with Gasteiger partial charge in [-0.1, -0.05) is 0 Å². The summed E-state index contributed by atoms with van der Waals surface area (Å²) in [5.74, 6) is 0.602. The normalized spacial score (nSPS) is 23.0. The highest BCUT2D eigenvalue weighted by Crippen LogP contribution is 2.31. The molecule has 0 spiro atoms. The van der Waals surface area contributed by atoms with Crippen molar-refractivity contribution in [3.05, 3.63) is 24.0 Å². The van der Waals surface area contributed by atoms with E-state index in [1.54, 1.807) is 24.7 Å². The molecule has 2 aliphatic rings. The molecule has 0 saturated heterocycles. The number of aromatic nitrogens is 1. The molecule has 3 rings (SSSR count). The number of fused-ring (bicyclic) bond motifs is 2. The molecule has 1 unspecified atom stereocenters. The number of Topliss-reactive ketones (excluding diaryl/α,β-unsaturated/α-hetero) is 1. The summed E-state index contributed by atoms with van der Waals surface area (Å²) in [5, 5.41) is 0. The zero-order valence-corrected chi connectivity index (χ0v) is 7.34. The van der Waals surface area contributed by atoms with E-state index >= 15 is 0 Å². The molecule has 2 aliphatic heterocycles. The van der Waals surface area contributed by atoms with Crippen LogP contribution < -0.4 is 0 Å². The first-order chi connectivity index (χ1) is 6.86. The summed E-state index contributed by atoms with van der Waals surface area (Å²) in [6.45, 7) is 0. The second-order valence-electron chi connectivity index (χ2n) is 3.33. The van der Waals surface area contributed by atoms with E-state index in [0.717, 1.165) is 0 Å². The molecule has 1 aromatic heterocycles. The van der Waals surface area contributed by atoms with Gasteiger partial charge in [-0.15, -0.1) is 0 Å². The van der Waals surface area contributed by atoms with Gasteiger partial charge in [0.1, 0.15) is 5.84 Å². The van der Waals surface area contributed by atoms with Gasteiger partial charge in [0.15, 0.2) is 5.78 Å². The summed E-state index contributed by atoms with van der Waals surface area (Å²) in [7, 11) is 0. The van der Waals surface area contributed by atoms with Gasteiger partial charge in [-0.25, -0.2) is 9.98 Å². The molecule has 14 heavy (non-hydrogen) atoms. The van der Waals surface area contributed by atoms with Gasteiger partial charge < -0.3 is 0 Å². The molecular weight excluding hydrogens is 178 g/mol. The molecule has 0 bridgehead atoms. The summed E-state index contributed by atoms with van der Waals surface area (Å²) in [6, 6.07) is 1.72. The van der Waals surface area contributed by atoms with Crippen LogP contribution in [0.15, 0.2) is 28.4 Å². The van der Waals surface area contributed by atoms with Crippen molar-refractivity contribution in [1.82, 2.24) is 4.98 Å². The van der Waals surface area contributed by atoms with Crippen LogP contribution in [0.4, 0.5) is 5.69 Å².